The zero-order valence-electron chi connectivity index (χ0n) is 14.0. The maximum Gasteiger partial charge on any atom is 0.224 e. The summed E-state index contributed by atoms with van der Waals surface area (Å²) in [5.41, 5.74) is 2.39. The number of carbonyl (C=O) groups is 2. The molecule has 130 valence electrons. The Balaban J connectivity index is 1.21. The molecule has 6 heteroatoms. The van der Waals surface area contributed by atoms with E-state index in [1.807, 2.05) is 23.2 Å². The molecule has 2 amide bonds. The standard InChI is InChI=1S/C19H21N3O2S/c23-18(22-8-4-17-14(12-22)5-9-25-17)3-7-21-19(24)16-10-15(16)13-2-1-6-20-11-13/h1-2,5-6,9,11,15-16H,3-4,7-8,10,12H2,(H,21,24)/t15-,16+/m1/s1. The van der Waals surface area contributed by atoms with Crippen molar-refractivity contribution in [2.75, 3.05) is 13.1 Å². The largest absolute Gasteiger partial charge is 0.355 e. The highest BCUT2D eigenvalue weighted by Crippen LogP contribution is 2.47. The van der Waals surface area contributed by atoms with E-state index >= 15 is 0 Å². The number of amides is 2. The number of fused-ring (bicyclic) bond motifs is 1. The fourth-order valence-corrected chi connectivity index (χ4v) is 4.38. The molecule has 4 rings (SSSR count). The van der Waals surface area contributed by atoms with Crippen LogP contribution in [-0.4, -0.2) is 34.8 Å². The van der Waals surface area contributed by atoms with Crippen LogP contribution < -0.4 is 5.32 Å². The highest BCUT2D eigenvalue weighted by Gasteiger charge is 2.43. The van der Waals surface area contributed by atoms with Crippen LogP contribution in [0, 0.1) is 5.92 Å². The van der Waals surface area contributed by atoms with E-state index in [4.69, 9.17) is 0 Å². The van der Waals surface area contributed by atoms with E-state index in [1.165, 1.54) is 10.4 Å². The molecule has 0 bridgehead atoms. The SMILES string of the molecule is O=C(NCCC(=O)N1CCc2sccc2C1)[C@H]1C[C@@H]1c1cccnc1. The Kier molecular flexibility index (Phi) is 4.53. The lowest BCUT2D eigenvalue weighted by atomic mass is 10.1. The zero-order valence-corrected chi connectivity index (χ0v) is 14.8. The summed E-state index contributed by atoms with van der Waals surface area (Å²) in [4.78, 5) is 32.0. The number of thiophene rings is 1. The molecule has 2 aromatic rings. The lowest BCUT2D eigenvalue weighted by Gasteiger charge is -2.27. The van der Waals surface area contributed by atoms with Crippen LogP contribution in [0.2, 0.25) is 0 Å². The molecule has 5 nitrogen and oxygen atoms in total. The number of rotatable bonds is 5. The quantitative estimate of drug-likeness (QED) is 0.895. The summed E-state index contributed by atoms with van der Waals surface area (Å²) in [6.45, 7) is 1.91. The number of hydrogen-bond donors (Lipinski definition) is 1. The van der Waals surface area contributed by atoms with Crippen molar-refractivity contribution in [2.24, 2.45) is 5.92 Å². The second-order valence-corrected chi connectivity index (χ2v) is 7.71. The summed E-state index contributed by atoms with van der Waals surface area (Å²) in [5.74, 6) is 0.489. The first-order valence-corrected chi connectivity index (χ1v) is 9.61. The van der Waals surface area contributed by atoms with Crippen LogP contribution in [0.25, 0.3) is 0 Å². The topological polar surface area (TPSA) is 62.3 Å². The van der Waals surface area contributed by atoms with E-state index in [2.05, 4.69) is 21.7 Å². The molecule has 0 saturated heterocycles. The molecule has 1 aliphatic carbocycles. The van der Waals surface area contributed by atoms with Gasteiger partial charge in [-0.3, -0.25) is 14.6 Å². The highest BCUT2D eigenvalue weighted by atomic mass is 32.1. The summed E-state index contributed by atoms with van der Waals surface area (Å²) in [6, 6.07) is 6.02. The lowest BCUT2D eigenvalue weighted by Crippen LogP contribution is -2.37. The van der Waals surface area contributed by atoms with Gasteiger partial charge in [0.05, 0.1) is 0 Å². The maximum absolute atomic E-state index is 12.4. The van der Waals surface area contributed by atoms with E-state index in [-0.39, 0.29) is 23.7 Å². The van der Waals surface area contributed by atoms with E-state index in [0.717, 1.165) is 24.9 Å². The van der Waals surface area contributed by atoms with Crippen molar-refractivity contribution in [3.8, 4) is 0 Å². The van der Waals surface area contributed by atoms with Gasteiger partial charge in [-0.15, -0.1) is 11.3 Å². The van der Waals surface area contributed by atoms with E-state index in [1.54, 1.807) is 17.5 Å². The molecule has 25 heavy (non-hydrogen) atoms. The summed E-state index contributed by atoms with van der Waals surface area (Å²) in [5, 5.41) is 5.01. The van der Waals surface area contributed by atoms with Crippen LogP contribution in [-0.2, 0) is 22.6 Å². The van der Waals surface area contributed by atoms with Gasteiger partial charge in [0.2, 0.25) is 11.8 Å². The van der Waals surface area contributed by atoms with Gasteiger partial charge in [-0.05, 0) is 47.4 Å². The van der Waals surface area contributed by atoms with E-state index < -0.39 is 0 Å². The number of nitrogens with zero attached hydrogens (tertiary/aromatic N) is 2. The Morgan fingerprint density at radius 3 is 3.12 bits per heavy atom. The minimum Gasteiger partial charge on any atom is -0.355 e. The fourth-order valence-electron chi connectivity index (χ4n) is 3.49. The van der Waals surface area contributed by atoms with Gasteiger partial charge in [0.25, 0.3) is 0 Å². The molecule has 1 aliphatic heterocycles. The van der Waals surface area contributed by atoms with Crippen LogP contribution in [0.3, 0.4) is 0 Å². The molecular weight excluding hydrogens is 334 g/mol. The average molecular weight is 355 g/mol. The first kappa shape index (κ1) is 16.3. The molecule has 2 atom stereocenters. The van der Waals surface area contributed by atoms with Crippen LogP contribution in [0.5, 0.6) is 0 Å². The molecular formula is C19H21N3O2S. The summed E-state index contributed by atoms with van der Waals surface area (Å²) in [7, 11) is 0. The summed E-state index contributed by atoms with van der Waals surface area (Å²) in [6.07, 6.45) is 5.76. The monoisotopic (exact) mass is 355 g/mol. The second-order valence-electron chi connectivity index (χ2n) is 6.71. The third kappa shape index (κ3) is 3.58. The Labute approximate surface area is 151 Å². The van der Waals surface area contributed by atoms with Gasteiger partial charge in [0.15, 0.2) is 0 Å². The van der Waals surface area contributed by atoms with Crippen LogP contribution in [0.4, 0.5) is 0 Å². The Bertz CT molecular complexity index is 774. The minimum absolute atomic E-state index is 0.0302. The van der Waals surface area contributed by atoms with Gasteiger partial charge in [-0.25, -0.2) is 0 Å². The van der Waals surface area contributed by atoms with Gasteiger partial charge in [-0.1, -0.05) is 6.07 Å². The third-order valence-corrected chi connectivity index (χ3v) is 6.06. The van der Waals surface area contributed by atoms with Crippen molar-refractivity contribution in [1.29, 1.82) is 0 Å². The Hall–Kier alpha value is -2.21. The van der Waals surface area contributed by atoms with Crippen LogP contribution in [0.1, 0.15) is 34.8 Å². The van der Waals surface area contributed by atoms with Crippen LogP contribution >= 0.6 is 11.3 Å². The number of carbonyl (C=O) groups excluding carboxylic acids is 2. The predicted octanol–water partition coefficient (Wildman–Crippen LogP) is 2.34. The van der Waals surface area contributed by atoms with Gasteiger partial charge >= 0.3 is 0 Å². The Morgan fingerprint density at radius 1 is 1.36 bits per heavy atom. The van der Waals surface area contributed by atoms with E-state index in [0.29, 0.717) is 19.5 Å². The molecule has 0 spiro atoms. The molecule has 1 N–H and O–H groups in total. The molecule has 1 saturated carbocycles. The first-order valence-electron chi connectivity index (χ1n) is 8.73. The van der Waals surface area contributed by atoms with Crippen molar-refractivity contribution >= 4 is 23.2 Å². The van der Waals surface area contributed by atoms with Crippen LogP contribution in [0.15, 0.2) is 36.0 Å². The first-order chi connectivity index (χ1) is 12.2. The third-order valence-electron chi connectivity index (χ3n) is 5.04. The van der Waals surface area contributed by atoms with Gasteiger partial charge in [-0.2, -0.15) is 0 Å². The second kappa shape index (κ2) is 6.96. The van der Waals surface area contributed by atoms with E-state index in [9.17, 15) is 9.59 Å². The maximum atomic E-state index is 12.4. The molecule has 2 aliphatic rings. The van der Waals surface area contributed by atoms with Gasteiger partial charge < -0.3 is 10.2 Å². The van der Waals surface area contributed by atoms with Crippen molar-refractivity contribution in [1.82, 2.24) is 15.2 Å². The smallest absolute Gasteiger partial charge is 0.224 e. The Morgan fingerprint density at radius 2 is 2.28 bits per heavy atom. The zero-order chi connectivity index (χ0) is 17.2. The van der Waals surface area contributed by atoms with Crippen molar-refractivity contribution in [3.05, 3.63) is 52.0 Å². The van der Waals surface area contributed by atoms with Gasteiger partial charge in [0, 0.05) is 49.2 Å². The van der Waals surface area contributed by atoms with Crippen molar-refractivity contribution in [2.45, 2.75) is 31.7 Å². The number of pyridine rings is 1. The molecule has 2 aromatic heterocycles. The fraction of sp³-hybridized carbons (Fsp3) is 0.421. The minimum atomic E-state index is 0.0302. The van der Waals surface area contributed by atoms with Crippen molar-refractivity contribution in [3.63, 3.8) is 0 Å². The highest BCUT2D eigenvalue weighted by molar-refractivity contribution is 7.10. The number of nitrogens with one attached hydrogen (secondary N) is 1. The molecule has 0 aromatic carbocycles. The normalized spacial score (nSPS) is 21.5. The summed E-state index contributed by atoms with van der Waals surface area (Å²) < 4.78 is 0. The van der Waals surface area contributed by atoms with Crippen molar-refractivity contribution < 1.29 is 9.59 Å². The summed E-state index contributed by atoms with van der Waals surface area (Å²) >= 11 is 1.77. The average Bonchev–Trinajstić information content (AvgIpc) is 3.31. The molecule has 3 heterocycles. The lowest BCUT2D eigenvalue weighted by molar-refractivity contribution is -0.132. The number of aromatic nitrogens is 1. The number of hydrogen-bond acceptors (Lipinski definition) is 4. The molecule has 0 radical (unpaired) electrons. The van der Waals surface area contributed by atoms with Gasteiger partial charge in [0.1, 0.15) is 0 Å². The molecule has 1 fully saturated rings. The predicted molar refractivity (Wildman–Crippen MR) is 96.2 cm³/mol. The molecule has 0 unspecified atom stereocenters.